The van der Waals surface area contributed by atoms with E-state index in [9.17, 15) is 9.90 Å². The van der Waals surface area contributed by atoms with Crippen molar-refractivity contribution in [1.29, 1.82) is 0 Å². The van der Waals surface area contributed by atoms with Crippen LogP contribution in [0.3, 0.4) is 0 Å². The van der Waals surface area contributed by atoms with Crippen molar-refractivity contribution in [3.8, 4) is 22.4 Å². The van der Waals surface area contributed by atoms with Crippen molar-refractivity contribution in [2.45, 2.75) is 76.2 Å². The molecule has 11 heteroatoms. The number of rotatable bonds is 10. The minimum Gasteiger partial charge on any atom is -0.395 e. The largest absolute Gasteiger partial charge is 0.395 e. The first-order chi connectivity index (χ1) is 23.7. The maximum atomic E-state index is 13.3. The van der Waals surface area contributed by atoms with E-state index < -0.39 is 0 Å². The van der Waals surface area contributed by atoms with Crippen LogP contribution in [0.4, 0.5) is 11.5 Å². The Morgan fingerprint density at radius 3 is 2.57 bits per heavy atom. The summed E-state index contributed by atoms with van der Waals surface area (Å²) in [5.41, 5.74) is 13.7. The maximum absolute atomic E-state index is 13.3. The van der Waals surface area contributed by atoms with Gasteiger partial charge in [-0.25, -0.2) is 4.98 Å². The molecule has 2 aliphatic heterocycles. The van der Waals surface area contributed by atoms with Gasteiger partial charge in [0, 0.05) is 73.8 Å². The van der Waals surface area contributed by atoms with Crippen molar-refractivity contribution in [2.24, 2.45) is 7.05 Å². The number of carbonyl (C=O) groups excluding carboxylic acids is 1. The Kier molecular flexibility index (Phi) is 9.41. The average Bonchev–Trinajstić information content (AvgIpc) is 3.81. The Hall–Kier alpha value is -4.32. The van der Waals surface area contributed by atoms with Crippen molar-refractivity contribution >= 4 is 17.4 Å². The number of hydrogen-bond acceptors (Lipinski definition) is 9. The Labute approximate surface area is 288 Å². The SMILES string of the molecule is Cn1cc(-c2cnc(N)c(C(=O)N[C@H]3CCC[C@@H]3OCc3ccc(-c4ccc5c(n4)C(C)(C)CN5C4CCN(CCO)CC4)cc3)c2)cn1. The van der Waals surface area contributed by atoms with Crippen molar-refractivity contribution in [2.75, 3.05) is 43.4 Å². The number of carbonyl (C=O) groups is 1. The number of nitrogen functional groups attached to an aromatic ring is 1. The van der Waals surface area contributed by atoms with Gasteiger partial charge in [0.05, 0.1) is 54.2 Å². The molecule has 2 atom stereocenters. The third-order valence-corrected chi connectivity index (χ3v) is 10.5. The molecule has 0 bridgehead atoms. The third kappa shape index (κ3) is 7.06. The number of nitrogens with one attached hydrogen (secondary N) is 1. The molecular formula is C38H48N8O3. The fraction of sp³-hybridized carbons (Fsp3) is 0.474. The molecule has 11 nitrogen and oxygen atoms in total. The molecule has 0 unspecified atom stereocenters. The maximum Gasteiger partial charge on any atom is 0.255 e. The first kappa shape index (κ1) is 33.2. The van der Waals surface area contributed by atoms with Crippen LogP contribution in [-0.4, -0.2) is 86.6 Å². The van der Waals surface area contributed by atoms with Gasteiger partial charge in [-0.1, -0.05) is 38.1 Å². The standard InChI is InChI=1S/C38H48N8O3/c1-38(2)24-46(29-13-15-45(16-14-29)17-18-47)33-12-11-31(42-35(33)38)26-9-7-25(8-10-26)23-49-34-6-4-5-32(34)43-37(48)30-19-27(20-40-36(30)39)28-21-41-44(3)22-28/h7-12,19-22,29,32,34,47H,4-6,13-18,23-24H2,1-3H3,(H2,39,40)(H,43,48)/t32-,34-/m0/s1. The lowest BCUT2D eigenvalue weighted by Crippen LogP contribution is -2.46. The van der Waals surface area contributed by atoms with E-state index in [0.717, 1.165) is 86.2 Å². The van der Waals surface area contributed by atoms with Crippen molar-refractivity contribution in [3.63, 3.8) is 0 Å². The number of β-amino-alcohol motifs (C(OH)–C–C–N with tert-alkyl or cyclic N) is 1. The summed E-state index contributed by atoms with van der Waals surface area (Å²) in [6, 6.07) is 15.1. The van der Waals surface area contributed by atoms with E-state index in [-0.39, 0.29) is 35.9 Å². The number of aliphatic hydroxyl groups is 1. The number of aliphatic hydroxyl groups excluding tert-OH is 1. The summed E-state index contributed by atoms with van der Waals surface area (Å²) in [4.78, 5) is 27.8. The summed E-state index contributed by atoms with van der Waals surface area (Å²) in [6.45, 7) is 9.10. The molecule has 258 valence electrons. The molecule has 1 aromatic carbocycles. The summed E-state index contributed by atoms with van der Waals surface area (Å²) in [5, 5.41) is 16.7. The molecule has 5 heterocycles. The molecule has 4 aromatic rings. The Balaban J connectivity index is 0.968. The molecule has 1 aliphatic carbocycles. The van der Waals surface area contributed by atoms with Crippen LogP contribution in [0.2, 0.25) is 0 Å². The number of nitrogens with two attached hydrogens (primary N) is 1. The van der Waals surface area contributed by atoms with E-state index in [1.807, 2.05) is 13.2 Å². The number of benzene rings is 1. The second-order valence-corrected chi connectivity index (χ2v) is 14.5. The number of nitrogens with zero attached hydrogens (tertiary/aromatic N) is 6. The van der Waals surface area contributed by atoms with Crippen molar-refractivity contribution in [1.82, 2.24) is 30.0 Å². The van der Waals surface area contributed by atoms with Crippen LogP contribution in [0.5, 0.6) is 0 Å². The molecule has 1 saturated carbocycles. The minimum absolute atomic E-state index is 0.0288. The van der Waals surface area contributed by atoms with E-state index in [1.165, 1.54) is 11.4 Å². The van der Waals surface area contributed by atoms with Crippen LogP contribution < -0.4 is 16.0 Å². The highest BCUT2D eigenvalue weighted by molar-refractivity contribution is 5.99. The zero-order chi connectivity index (χ0) is 34.1. The lowest BCUT2D eigenvalue weighted by molar-refractivity contribution is 0.0272. The number of piperidine rings is 1. The van der Waals surface area contributed by atoms with Crippen molar-refractivity contribution < 1.29 is 14.6 Å². The summed E-state index contributed by atoms with van der Waals surface area (Å²) < 4.78 is 8.09. The van der Waals surface area contributed by atoms with E-state index in [2.05, 4.69) is 75.4 Å². The normalized spacial score (nSPS) is 20.9. The molecule has 7 rings (SSSR count). The second-order valence-electron chi connectivity index (χ2n) is 14.5. The summed E-state index contributed by atoms with van der Waals surface area (Å²) in [6.07, 6.45) is 10.2. The highest BCUT2D eigenvalue weighted by Crippen LogP contribution is 2.42. The third-order valence-electron chi connectivity index (χ3n) is 10.5. The first-order valence-corrected chi connectivity index (χ1v) is 17.6. The first-order valence-electron chi connectivity index (χ1n) is 17.6. The van der Waals surface area contributed by atoms with E-state index in [4.69, 9.17) is 15.5 Å². The summed E-state index contributed by atoms with van der Waals surface area (Å²) in [5.74, 6) is -0.0350. The quantitative estimate of drug-likeness (QED) is 0.223. The highest BCUT2D eigenvalue weighted by atomic mass is 16.5. The number of likely N-dealkylation sites (tertiary alicyclic amines) is 1. The number of amides is 1. The predicted molar refractivity (Wildman–Crippen MR) is 191 cm³/mol. The lowest BCUT2D eigenvalue weighted by atomic mass is 9.91. The second kappa shape index (κ2) is 13.9. The lowest BCUT2D eigenvalue weighted by Gasteiger charge is -2.38. The van der Waals surface area contributed by atoms with Gasteiger partial charge in [0.1, 0.15) is 5.82 Å². The zero-order valence-corrected chi connectivity index (χ0v) is 28.8. The Bertz CT molecular complexity index is 1780. The van der Waals surface area contributed by atoms with Gasteiger partial charge in [-0.3, -0.25) is 14.5 Å². The van der Waals surface area contributed by atoms with Gasteiger partial charge in [0.25, 0.3) is 5.91 Å². The fourth-order valence-corrected chi connectivity index (χ4v) is 7.75. The number of fused-ring (bicyclic) bond motifs is 1. The van der Waals surface area contributed by atoms with Gasteiger partial charge >= 0.3 is 0 Å². The van der Waals surface area contributed by atoms with Gasteiger partial charge < -0.3 is 30.7 Å². The Morgan fingerprint density at radius 1 is 1.04 bits per heavy atom. The van der Waals surface area contributed by atoms with E-state index >= 15 is 0 Å². The number of aryl methyl sites for hydroxylation is 1. The number of anilines is 2. The average molecular weight is 665 g/mol. The molecule has 49 heavy (non-hydrogen) atoms. The molecular weight excluding hydrogens is 616 g/mol. The monoisotopic (exact) mass is 664 g/mol. The molecule has 3 aromatic heterocycles. The minimum atomic E-state index is -0.239. The van der Waals surface area contributed by atoms with Gasteiger partial charge in [-0.15, -0.1) is 0 Å². The zero-order valence-electron chi connectivity index (χ0n) is 28.8. The van der Waals surface area contributed by atoms with Crippen LogP contribution in [0, 0.1) is 0 Å². The predicted octanol–water partition coefficient (Wildman–Crippen LogP) is 4.55. The molecule has 3 aliphatic rings. The molecule has 0 spiro atoms. The molecule has 0 radical (unpaired) electrons. The highest BCUT2D eigenvalue weighted by Gasteiger charge is 2.40. The van der Waals surface area contributed by atoms with Crippen molar-refractivity contribution in [3.05, 3.63) is 77.9 Å². The summed E-state index contributed by atoms with van der Waals surface area (Å²) in [7, 11) is 1.85. The van der Waals surface area contributed by atoms with E-state index in [0.29, 0.717) is 18.2 Å². The number of hydrogen-bond donors (Lipinski definition) is 3. The molecule has 1 saturated heterocycles. The van der Waals surface area contributed by atoms with Gasteiger partial charge in [0.2, 0.25) is 0 Å². The fourth-order valence-electron chi connectivity index (χ4n) is 7.75. The van der Waals surface area contributed by atoms with Crippen LogP contribution >= 0.6 is 0 Å². The Morgan fingerprint density at radius 2 is 1.84 bits per heavy atom. The van der Waals surface area contributed by atoms with Crippen LogP contribution in [0.15, 0.2) is 61.1 Å². The summed E-state index contributed by atoms with van der Waals surface area (Å²) >= 11 is 0. The molecule has 4 N–H and O–H groups in total. The van der Waals surface area contributed by atoms with Gasteiger partial charge in [0.15, 0.2) is 0 Å². The van der Waals surface area contributed by atoms with Gasteiger partial charge in [-0.2, -0.15) is 5.10 Å². The number of pyridine rings is 2. The van der Waals surface area contributed by atoms with Crippen LogP contribution in [-0.2, 0) is 23.8 Å². The molecule has 2 fully saturated rings. The van der Waals surface area contributed by atoms with Crippen LogP contribution in [0.25, 0.3) is 22.4 Å². The van der Waals surface area contributed by atoms with Gasteiger partial charge in [-0.05, 0) is 55.9 Å². The number of ether oxygens (including phenoxy) is 1. The molecule has 1 amide bonds. The number of aromatic nitrogens is 4. The smallest absolute Gasteiger partial charge is 0.255 e. The topological polar surface area (TPSA) is 135 Å². The van der Waals surface area contributed by atoms with Crippen LogP contribution in [0.1, 0.15) is 67.6 Å². The van der Waals surface area contributed by atoms with E-state index in [1.54, 1.807) is 23.1 Å².